The molecule has 1 atom stereocenters. The van der Waals surface area contributed by atoms with E-state index in [1.54, 1.807) is 18.2 Å². The van der Waals surface area contributed by atoms with Crippen molar-refractivity contribution >= 4 is 29.0 Å². The molecule has 0 saturated heterocycles. The average Bonchev–Trinajstić information content (AvgIpc) is 2.45. The summed E-state index contributed by atoms with van der Waals surface area (Å²) in [5.41, 5.74) is 7.28. The van der Waals surface area contributed by atoms with Crippen molar-refractivity contribution in [1.82, 2.24) is 0 Å². The molecule has 124 valence electrons. The lowest BCUT2D eigenvalue weighted by molar-refractivity contribution is -0.118. The van der Waals surface area contributed by atoms with E-state index in [9.17, 15) is 10.1 Å². The molecule has 0 unspecified atom stereocenters. The molecule has 2 aliphatic rings. The van der Waals surface area contributed by atoms with Crippen LogP contribution in [0.2, 0.25) is 10.0 Å². The van der Waals surface area contributed by atoms with Crippen LogP contribution in [0.15, 0.2) is 40.8 Å². The molecule has 2 N–H and O–H groups in total. The Bertz CT molecular complexity index is 847. The predicted octanol–water partition coefficient (Wildman–Crippen LogP) is 4.44. The number of ketones is 1. The number of halogens is 2. The zero-order chi connectivity index (χ0) is 17.6. The van der Waals surface area contributed by atoms with Gasteiger partial charge in [-0.1, -0.05) is 43.1 Å². The minimum Gasteiger partial charge on any atom is -0.484 e. The first-order valence-corrected chi connectivity index (χ1v) is 8.27. The summed E-state index contributed by atoms with van der Waals surface area (Å²) < 4.78 is 6.05. The van der Waals surface area contributed by atoms with E-state index in [1.807, 2.05) is 13.8 Å². The Labute approximate surface area is 150 Å². The second-order valence-corrected chi connectivity index (χ2v) is 7.69. The monoisotopic (exact) mass is 362 g/mol. The molecule has 1 aromatic rings. The van der Waals surface area contributed by atoms with Crippen LogP contribution in [0.4, 0.5) is 0 Å². The molecule has 24 heavy (non-hydrogen) atoms. The summed E-state index contributed by atoms with van der Waals surface area (Å²) in [6, 6.07) is 7.05. The van der Waals surface area contributed by atoms with Gasteiger partial charge in [0.2, 0.25) is 0 Å². The number of benzene rings is 1. The van der Waals surface area contributed by atoms with E-state index in [0.29, 0.717) is 39.8 Å². The van der Waals surface area contributed by atoms with Crippen molar-refractivity contribution in [2.24, 2.45) is 11.1 Å². The van der Waals surface area contributed by atoms with Gasteiger partial charge in [0.15, 0.2) is 11.9 Å². The summed E-state index contributed by atoms with van der Waals surface area (Å²) in [4.78, 5) is 12.5. The van der Waals surface area contributed by atoms with Gasteiger partial charge in [0, 0.05) is 28.5 Å². The number of ether oxygens (including phenoxy) is 1. The van der Waals surface area contributed by atoms with Gasteiger partial charge in [-0.2, -0.15) is 5.26 Å². The van der Waals surface area contributed by atoms with Gasteiger partial charge in [0.05, 0.1) is 16.8 Å². The summed E-state index contributed by atoms with van der Waals surface area (Å²) in [6.07, 6.45) is 0.219. The van der Waals surface area contributed by atoms with E-state index in [0.717, 1.165) is 0 Å². The molecule has 0 aromatic heterocycles. The second-order valence-electron chi connectivity index (χ2n) is 6.84. The molecule has 1 aliphatic carbocycles. The van der Waals surface area contributed by atoms with Crippen LogP contribution in [0.3, 0.4) is 0 Å². The first-order valence-electron chi connectivity index (χ1n) is 7.51. The number of carbonyl (C=O) groups excluding carboxylic acids is 1. The molecule has 0 fully saturated rings. The predicted molar refractivity (Wildman–Crippen MR) is 92.2 cm³/mol. The highest BCUT2D eigenvalue weighted by atomic mass is 35.5. The fraction of sp³-hybridized carbons (Fsp3) is 0.333. The summed E-state index contributed by atoms with van der Waals surface area (Å²) in [6.45, 7) is 4.00. The van der Waals surface area contributed by atoms with Crippen molar-refractivity contribution in [2.75, 3.05) is 0 Å². The smallest absolute Gasteiger partial charge is 0.168 e. The number of carbonyl (C=O) groups is 1. The molecule has 0 radical (unpaired) electrons. The molecule has 1 aromatic carbocycles. The Morgan fingerprint density at radius 2 is 2.04 bits per heavy atom. The summed E-state index contributed by atoms with van der Waals surface area (Å²) in [5.74, 6) is 0.441. The topological polar surface area (TPSA) is 76.1 Å². The minimum atomic E-state index is -0.736. The van der Waals surface area contributed by atoms with Crippen LogP contribution >= 0.6 is 23.2 Å². The van der Waals surface area contributed by atoms with Gasteiger partial charge in [-0.3, -0.25) is 4.79 Å². The van der Waals surface area contributed by atoms with E-state index >= 15 is 0 Å². The van der Waals surface area contributed by atoms with E-state index in [1.165, 1.54) is 0 Å². The fourth-order valence-electron chi connectivity index (χ4n) is 3.19. The first kappa shape index (κ1) is 16.9. The van der Waals surface area contributed by atoms with Crippen molar-refractivity contribution in [2.45, 2.75) is 32.8 Å². The number of hydrogen-bond donors (Lipinski definition) is 1. The molecule has 0 bridgehead atoms. The van der Waals surface area contributed by atoms with Gasteiger partial charge >= 0.3 is 0 Å². The molecule has 0 spiro atoms. The molecule has 0 amide bonds. The zero-order valence-corrected chi connectivity index (χ0v) is 14.8. The fourth-order valence-corrected chi connectivity index (χ4v) is 3.70. The standard InChI is InChI=1S/C18H16Cl2N2O2/c1-18(2)6-13(23)15-14(7-18)24-17(11(8-21)16(15)22)10-4-3-9(19)5-12(10)20/h3-5,17H,6-7,22H2,1-2H3/t17-/m1/s1. The number of allylic oxidation sites excluding steroid dienone is 2. The number of hydrogen-bond acceptors (Lipinski definition) is 4. The summed E-state index contributed by atoms with van der Waals surface area (Å²) in [5, 5.41) is 10.4. The third-order valence-electron chi connectivity index (χ3n) is 4.28. The molecular formula is C18H16Cl2N2O2. The van der Waals surface area contributed by atoms with Crippen molar-refractivity contribution < 1.29 is 9.53 Å². The lowest BCUT2D eigenvalue weighted by Crippen LogP contribution is -2.33. The van der Waals surface area contributed by atoms with Gasteiger partial charge in [-0.15, -0.1) is 0 Å². The lowest BCUT2D eigenvalue weighted by atomic mass is 9.74. The Morgan fingerprint density at radius 3 is 2.67 bits per heavy atom. The molecule has 0 saturated carbocycles. The van der Waals surface area contributed by atoms with Crippen LogP contribution in [-0.2, 0) is 9.53 Å². The number of nitrogens with two attached hydrogens (primary N) is 1. The van der Waals surface area contributed by atoms with E-state index in [-0.39, 0.29) is 22.5 Å². The van der Waals surface area contributed by atoms with Crippen molar-refractivity contribution in [3.63, 3.8) is 0 Å². The lowest BCUT2D eigenvalue weighted by Gasteiger charge is -2.37. The van der Waals surface area contributed by atoms with Gasteiger partial charge in [-0.05, 0) is 17.5 Å². The molecule has 1 aliphatic heterocycles. The van der Waals surface area contributed by atoms with Crippen LogP contribution in [0.1, 0.15) is 38.4 Å². The van der Waals surface area contributed by atoms with Gasteiger partial charge in [0.25, 0.3) is 0 Å². The Balaban J connectivity index is 2.13. The highest BCUT2D eigenvalue weighted by molar-refractivity contribution is 6.35. The molecule has 4 nitrogen and oxygen atoms in total. The number of nitrogens with zero attached hydrogens (tertiary/aromatic N) is 1. The Morgan fingerprint density at radius 1 is 1.33 bits per heavy atom. The average molecular weight is 363 g/mol. The van der Waals surface area contributed by atoms with Gasteiger partial charge in [-0.25, -0.2) is 0 Å². The number of rotatable bonds is 1. The summed E-state index contributed by atoms with van der Waals surface area (Å²) >= 11 is 12.2. The molecular weight excluding hydrogens is 347 g/mol. The highest BCUT2D eigenvalue weighted by Gasteiger charge is 2.41. The Kier molecular flexibility index (Phi) is 4.11. The second kappa shape index (κ2) is 5.84. The SMILES string of the molecule is CC1(C)CC(=O)C2=C(C1)O[C@H](c1ccc(Cl)cc1Cl)C(C#N)=C2N. The minimum absolute atomic E-state index is 0.0906. The molecule has 6 heteroatoms. The van der Waals surface area contributed by atoms with E-state index in [4.69, 9.17) is 33.7 Å². The maximum absolute atomic E-state index is 12.5. The molecule has 1 heterocycles. The van der Waals surface area contributed by atoms with Crippen LogP contribution in [0.25, 0.3) is 0 Å². The first-order chi connectivity index (χ1) is 11.2. The van der Waals surface area contributed by atoms with Crippen LogP contribution < -0.4 is 5.73 Å². The maximum atomic E-state index is 12.5. The van der Waals surface area contributed by atoms with Crippen LogP contribution in [0.5, 0.6) is 0 Å². The van der Waals surface area contributed by atoms with Crippen molar-refractivity contribution in [3.8, 4) is 6.07 Å². The van der Waals surface area contributed by atoms with Gasteiger partial charge < -0.3 is 10.5 Å². The van der Waals surface area contributed by atoms with Crippen molar-refractivity contribution in [3.05, 3.63) is 56.4 Å². The van der Waals surface area contributed by atoms with E-state index in [2.05, 4.69) is 6.07 Å². The van der Waals surface area contributed by atoms with Crippen molar-refractivity contribution in [1.29, 1.82) is 5.26 Å². The summed E-state index contributed by atoms with van der Waals surface area (Å²) in [7, 11) is 0. The Hall–Kier alpha value is -1.96. The third-order valence-corrected chi connectivity index (χ3v) is 4.85. The largest absolute Gasteiger partial charge is 0.484 e. The van der Waals surface area contributed by atoms with Gasteiger partial charge in [0.1, 0.15) is 11.8 Å². The maximum Gasteiger partial charge on any atom is 0.168 e. The highest BCUT2D eigenvalue weighted by Crippen LogP contribution is 2.47. The normalized spacial score (nSPS) is 22.8. The van der Waals surface area contributed by atoms with Crippen LogP contribution in [-0.4, -0.2) is 5.78 Å². The quantitative estimate of drug-likeness (QED) is 0.800. The van der Waals surface area contributed by atoms with Crippen LogP contribution in [0, 0.1) is 16.7 Å². The number of nitriles is 1. The van der Waals surface area contributed by atoms with E-state index < -0.39 is 6.10 Å². The molecule has 3 rings (SSSR count). The zero-order valence-electron chi connectivity index (χ0n) is 13.3. The third kappa shape index (κ3) is 2.79. The number of Topliss-reactive ketones (excluding diaryl/α,β-unsaturated/α-hetero) is 1.